The fourth-order valence-corrected chi connectivity index (χ4v) is 2.87. The molecule has 2 N–H and O–H groups in total. The first kappa shape index (κ1) is 19.5. The molecule has 0 aliphatic carbocycles. The summed E-state index contributed by atoms with van der Waals surface area (Å²) in [5.74, 6) is 0.708. The zero-order chi connectivity index (χ0) is 19.8. The highest BCUT2D eigenvalue weighted by molar-refractivity contribution is 5.94. The van der Waals surface area contributed by atoms with Gasteiger partial charge in [0, 0.05) is 23.9 Å². The van der Waals surface area contributed by atoms with Gasteiger partial charge in [-0.05, 0) is 48.7 Å². The van der Waals surface area contributed by atoms with E-state index in [-0.39, 0.29) is 12.5 Å². The summed E-state index contributed by atoms with van der Waals surface area (Å²) >= 11 is 0. The molecule has 0 aliphatic heterocycles. The number of carbonyl (C=O) groups excluding carboxylic acids is 1. The second kappa shape index (κ2) is 9.60. The summed E-state index contributed by atoms with van der Waals surface area (Å²) in [6.07, 6.45) is 0.858. The summed E-state index contributed by atoms with van der Waals surface area (Å²) in [7, 11) is 0. The molecule has 0 saturated heterocycles. The third-order valence-corrected chi connectivity index (χ3v) is 4.46. The second-order valence-corrected chi connectivity index (χ2v) is 6.83. The Morgan fingerprint density at radius 3 is 2.57 bits per heavy atom. The van der Waals surface area contributed by atoms with Crippen LogP contribution >= 0.6 is 0 Å². The molecule has 0 aromatic heterocycles. The van der Waals surface area contributed by atoms with Crippen LogP contribution < -0.4 is 15.4 Å². The third kappa shape index (κ3) is 5.88. The van der Waals surface area contributed by atoms with Crippen LogP contribution in [0.1, 0.15) is 16.7 Å². The lowest BCUT2D eigenvalue weighted by Crippen LogP contribution is -2.22. The molecule has 0 atom stereocenters. The fourth-order valence-electron chi connectivity index (χ4n) is 2.87. The molecule has 0 bridgehead atoms. The maximum atomic E-state index is 12.3. The summed E-state index contributed by atoms with van der Waals surface area (Å²) in [5.41, 5.74) is 5.12. The van der Waals surface area contributed by atoms with Gasteiger partial charge in [0.05, 0.1) is 13.2 Å². The Balaban J connectivity index is 1.48. The van der Waals surface area contributed by atoms with Crippen LogP contribution in [0.5, 0.6) is 5.75 Å². The lowest BCUT2D eigenvalue weighted by Gasteiger charge is -2.12. The normalized spacial score (nSPS) is 10.4. The number of rotatable bonds is 8. The number of aryl methyl sites for hydroxylation is 2. The van der Waals surface area contributed by atoms with E-state index in [0.717, 1.165) is 34.7 Å². The highest BCUT2D eigenvalue weighted by Gasteiger charge is 2.06. The maximum absolute atomic E-state index is 12.3. The highest BCUT2D eigenvalue weighted by Crippen LogP contribution is 2.18. The lowest BCUT2D eigenvalue weighted by molar-refractivity contribution is -0.114. The Bertz CT molecular complexity index is 923. The molecule has 3 aromatic rings. The van der Waals surface area contributed by atoms with Crippen LogP contribution in [0.3, 0.4) is 0 Å². The minimum atomic E-state index is -0.0795. The molecule has 4 nitrogen and oxygen atoms in total. The van der Waals surface area contributed by atoms with Crippen LogP contribution in [0.2, 0.25) is 0 Å². The molecule has 0 fully saturated rings. The van der Waals surface area contributed by atoms with Crippen molar-refractivity contribution in [1.82, 2.24) is 0 Å². The van der Waals surface area contributed by atoms with Gasteiger partial charge in [-0.2, -0.15) is 0 Å². The Labute approximate surface area is 166 Å². The van der Waals surface area contributed by atoms with Crippen molar-refractivity contribution in [3.63, 3.8) is 0 Å². The quantitative estimate of drug-likeness (QED) is 0.585. The molecule has 4 heteroatoms. The zero-order valence-corrected chi connectivity index (χ0v) is 16.4. The Hall–Kier alpha value is -3.27. The number of hydrogen-bond donors (Lipinski definition) is 2. The van der Waals surface area contributed by atoms with Crippen molar-refractivity contribution in [2.24, 2.45) is 0 Å². The van der Waals surface area contributed by atoms with Gasteiger partial charge in [-0.1, -0.05) is 48.5 Å². The van der Waals surface area contributed by atoms with Crippen molar-refractivity contribution < 1.29 is 9.53 Å². The average molecular weight is 374 g/mol. The largest absolute Gasteiger partial charge is 0.493 e. The van der Waals surface area contributed by atoms with Crippen LogP contribution in [0.15, 0.2) is 72.8 Å². The topological polar surface area (TPSA) is 50.4 Å². The van der Waals surface area contributed by atoms with Crippen molar-refractivity contribution in [1.29, 1.82) is 0 Å². The van der Waals surface area contributed by atoms with Gasteiger partial charge in [0.25, 0.3) is 0 Å². The summed E-state index contributed by atoms with van der Waals surface area (Å²) in [6, 6.07) is 24.0. The van der Waals surface area contributed by atoms with Crippen molar-refractivity contribution >= 4 is 17.3 Å². The second-order valence-electron chi connectivity index (χ2n) is 6.83. The molecule has 3 aromatic carbocycles. The van der Waals surface area contributed by atoms with Crippen molar-refractivity contribution in [3.8, 4) is 5.75 Å². The average Bonchev–Trinajstić information content (AvgIpc) is 2.70. The minimum Gasteiger partial charge on any atom is -0.493 e. The highest BCUT2D eigenvalue weighted by atomic mass is 16.5. The van der Waals surface area contributed by atoms with Gasteiger partial charge in [0.1, 0.15) is 5.75 Å². The van der Waals surface area contributed by atoms with Crippen molar-refractivity contribution in [3.05, 3.63) is 89.5 Å². The first-order chi connectivity index (χ1) is 13.6. The van der Waals surface area contributed by atoms with Crippen LogP contribution in [-0.2, 0) is 11.2 Å². The maximum Gasteiger partial charge on any atom is 0.243 e. The van der Waals surface area contributed by atoms with E-state index in [9.17, 15) is 4.79 Å². The molecule has 28 heavy (non-hydrogen) atoms. The van der Waals surface area contributed by atoms with Crippen LogP contribution in [0.25, 0.3) is 0 Å². The molecule has 144 valence electrons. The van der Waals surface area contributed by atoms with E-state index >= 15 is 0 Å². The molecule has 0 aliphatic rings. The van der Waals surface area contributed by atoms with E-state index in [1.807, 2.05) is 74.5 Å². The Morgan fingerprint density at radius 1 is 0.929 bits per heavy atom. The minimum absolute atomic E-state index is 0.0795. The molecule has 0 heterocycles. The molecule has 0 spiro atoms. The summed E-state index contributed by atoms with van der Waals surface area (Å²) < 4.78 is 5.84. The standard InChI is InChI=1S/C24H26N2O2/c1-18-11-12-19(2)23(15-18)26-24(27)17-25-21-9-6-10-22(16-21)28-14-13-20-7-4-3-5-8-20/h3-12,15-16,25H,13-14,17H2,1-2H3,(H,26,27). The number of carbonyl (C=O) groups is 1. The van der Waals surface area contributed by atoms with Crippen LogP contribution in [0.4, 0.5) is 11.4 Å². The Kier molecular flexibility index (Phi) is 6.68. The van der Waals surface area contributed by atoms with E-state index in [1.165, 1.54) is 5.56 Å². The number of nitrogens with one attached hydrogen (secondary N) is 2. The number of anilines is 2. The SMILES string of the molecule is Cc1ccc(C)c(NC(=O)CNc2cccc(OCCc3ccccc3)c2)c1. The fraction of sp³-hybridized carbons (Fsp3) is 0.208. The predicted molar refractivity (Wildman–Crippen MR) is 115 cm³/mol. The van der Waals surface area contributed by atoms with Gasteiger partial charge in [-0.25, -0.2) is 0 Å². The van der Waals surface area contributed by atoms with Crippen LogP contribution in [0, 0.1) is 13.8 Å². The van der Waals surface area contributed by atoms with Crippen molar-refractivity contribution in [2.45, 2.75) is 20.3 Å². The molecule has 0 unspecified atom stereocenters. The van der Waals surface area contributed by atoms with E-state index in [4.69, 9.17) is 4.74 Å². The van der Waals surface area contributed by atoms with Crippen LogP contribution in [-0.4, -0.2) is 19.1 Å². The lowest BCUT2D eigenvalue weighted by atomic mass is 10.1. The first-order valence-corrected chi connectivity index (χ1v) is 9.48. The molecular weight excluding hydrogens is 348 g/mol. The predicted octanol–water partition coefficient (Wildman–Crippen LogP) is 4.98. The Morgan fingerprint density at radius 2 is 1.75 bits per heavy atom. The number of hydrogen-bond acceptors (Lipinski definition) is 3. The molecular formula is C24H26N2O2. The van der Waals surface area contributed by atoms with Gasteiger partial charge >= 0.3 is 0 Å². The summed E-state index contributed by atoms with van der Waals surface area (Å²) in [6.45, 7) is 4.80. The molecule has 0 saturated carbocycles. The number of amides is 1. The van der Waals surface area contributed by atoms with Gasteiger partial charge in [0.15, 0.2) is 0 Å². The van der Waals surface area contributed by atoms with E-state index < -0.39 is 0 Å². The van der Waals surface area contributed by atoms with E-state index in [2.05, 4.69) is 22.8 Å². The van der Waals surface area contributed by atoms with E-state index in [1.54, 1.807) is 0 Å². The first-order valence-electron chi connectivity index (χ1n) is 9.48. The van der Waals surface area contributed by atoms with Gasteiger partial charge < -0.3 is 15.4 Å². The van der Waals surface area contributed by atoms with E-state index in [0.29, 0.717) is 6.61 Å². The zero-order valence-electron chi connectivity index (χ0n) is 16.4. The van der Waals surface area contributed by atoms with Gasteiger partial charge in [-0.3, -0.25) is 4.79 Å². The summed E-state index contributed by atoms with van der Waals surface area (Å²) in [5, 5.41) is 6.11. The third-order valence-electron chi connectivity index (χ3n) is 4.46. The number of benzene rings is 3. The summed E-state index contributed by atoms with van der Waals surface area (Å²) in [4.78, 5) is 12.3. The molecule has 3 rings (SSSR count). The van der Waals surface area contributed by atoms with Crippen molar-refractivity contribution in [2.75, 3.05) is 23.8 Å². The number of ether oxygens (including phenoxy) is 1. The van der Waals surface area contributed by atoms with Gasteiger partial charge in [-0.15, -0.1) is 0 Å². The van der Waals surface area contributed by atoms with Gasteiger partial charge in [0.2, 0.25) is 5.91 Å². The molecule has 1 amide bonds. The molecule has 0 radical (unpaired) electrons. The smallest absolute Gasteiger partial charge is 0.243 e. The monoisotopic (exact) mass is 374 g/mol.